The zero-order valence-electron chi connectivity index (χ0n) is 13.6. The molecule has 4 heteroatoms. The molecule has 4 rings (SSSR count). The van der Waals surface area contributed by atoms with Gasteiger partial charge in [-0.1, -0.05) is 54.1 Å². The van der Waals surface area contributed by atoms with Crippen molar-refractivity contribution in [1.29, 1.82) is 0 Å². The number of fused-ring (bicyclic) bond motifs is 1. The van der Waals surface area contributed by atoms with Gasteiger partial charge in [-0.15, -0.1) is 0 Å². The van der Waals surface area contributed by atoms with Crippen molar-refractivity contribution in [3.63, 3.8) is 0 Å². The van der Waals surface area contributed by atoms with Gasteiger partial charge in [0.25, 0.3) is 0 Å². The molecule has 4 aromatic rings. The van der Waals surface area contributed by atoms with E-state index >= 15 is 0 Å². The first kappa shape index (κ1) is 14.5. The molecule has 0 spiro atoms. The van der Waals surface area contributed by atoms with E-state index in [4.69, 9.17) is 9.84 Å². The molecule has 0 saturated heterocycles. The summed E-state index contributed by atoms with van der Waals surface area (Å²) in [7, 11) is 1.65. The molecular formula is C20H17N3O. The fourth-order valence-corrected chi connectivity index (χ4v) is 2.84. The van der Waals surface area contributed by atoms with Crippen LogP contribution in [0.25, 0.3) is 28.2 Å². The van der Waals surface area contributed by atoms with Crippen molar-refractivity contribution in [2.75, 3.05) is 7.11 Å². The second-order valence-electron chi connectivity index (χ2n) is 5.69. The molecule has 0 bridgehead atoms. The van der Waals surface area contributed by atoms with Crippen LogP contribution in [0.1, 0.15) is 5.56 Å². The number of rotatable bonds is 3. The summed E-state index contributed by atoms with van der Waals surface area (Å²) in [5.74, 6) is 0.644. The number of ether oxygens (including phenoxy) is 1. The monoisotopic (exact) mass is 315 g/mol. The van der Waals surface area contributed by atoms with Crippen LogP contribution in [0, 0.1) is 6.92 Å². The number of hydrogen-bond acceptors (Lipinski definition) is 3. The van der Waals surface area contributed by atoms with Crippen LogP contribution >= 0.6 is 0 Å². The Morgan fingerprint density at radius 1 is 0.875 bits per heavy atom. The van der Waals surface area contributed by atoms with E-state index in [-0.39, 0.29) is 0 Å². The highest BCUT2D eigenvalue weighted by molar-refractivity contribution is 5.70. The smallest absolute Gasteiger partial charge is 0.243 e. The molecule has 0 amide bonds. The number of methoxy groups -OCH3 is 1. The molecule has 0 N–H and O–H groups in total. The molecule has 0 atom stereocenters. The Bertz CT molecular complexity index is 1010. The third kappa shape index (κ3) is 2.42. The van der Waals surface area contributed by atoms with Crippen molar-refractivity contribution in [3.05, 3.63) is 72.3 Å². The summed E-state index contributed by atoms with van der Waals surface area (Å²) >= 11 is 0. The van der Waals surface area contributed by atoms with E-state index in [0.29, 0.717) is 5.88 Å². The number of nitrogens with zero attached hydrogens (tertiary/aromatic N) is 3. The highest BCUT2D eigenvalue weighted by Gasteiger charge is 2.16. The van der Waals surface area contributed by atoms with Gasteiger partial charge < -0.3 is 4.74 Å². The number of benzene rings is 2. The number of imidazole rings is 1. The van der Waals surface area contributed by atoms with Crippen molar-refractivity contribution < 1.29 is 4.74 Å². The van der Waals surface area contributed by atoms with E-state index in [9.17, 15) is 0 Å². The summed E-state index contributed by atoms with van der Waals surface area (Å²) in [4.78, 5) is 4.68. The molecule has 0 aliphatic carbocycles. The lowest BCUT2D eigenvalue weighted by molar-refractivity contribution is 0.389. The van der Waals surface area contributed by atoms with Crippen molar-refractivity contribution in [2.45, 2.75) is 6.92 Å². The molecule has 0 aliphatic heterocycles. The molecule has 0 aliphatic rings. The van der Waals surface area contributed by atoms with Gasteiger partial charge in [0.15, 0.2) is 5.65 Å². The van der Waals surface area contributed by atoms with E-state index < -0.39 is 0 Å². The lowest BCUT2D eigenvalue weighted by Gasteiger charge is -2.05. The van der Waals surface area contributed by atoms with E-state index in [2.05, 4.69) is 30.1 Å². The first-order valence-electron chi connectivity index (χ1n) is 7.82. The molecular weight excluding hydrogens is 298 g/mol. The minimum absolute atomic E-state index is 0.644. The van der Waals surface area contributed by atoms with Gasteiger partial charge in [-0.05, 0) is 25.1 Å². The van der Waals surface area contributed by atoms with Gasteiger partial charge in [0.2, 0.25) is 5.88 Å². The second kappa shape index (κ2) is 5.81. The fraction of sp³-hybridized carbons (Fsp3) is 0.100. The summed E-state index contributed by atoms with van der Waals surface area (Å²) in [6.45, 7) is 2.08. The van der Waals surface area contributed by atoms with Crippen molar-refractivity contribution in [2.24, 2.45) is 0 Å². The number of aryl methyl sites for hydroxylation is 1. The minimum atomic E-state index is 0.644. The normalized spacial score (nSPS) is 10.9. The van der Waals surface area contributed by atoms with Crippen LogP contribution in [0.2, 0.25) is 0 Å². The van der Waals surface area contributed by atoms with Crippen LogP contribution in [0.5, 0.6) is 5.88 Å². The van der Waals surface area contributed by atoms with Crippen LogP contribution in [0.15, 0.2) is 66.7 Å². The van der Waals surface area contributed by atoms with Crippen molar-refractivity contribution in [3.8, 4) is 28.4 Å². The highest BCUT2D eigenvalue weighted by Crippen LogP contribution is 2.30. The molecule has 0 saturated carbocycles. The van der Waals surface area contributed by atoms with Gasteiger partial charge in [-0.3, -0.25) is 0 Å². The van der Waals surface area contributed by atoms with Crippen LogP contribution in [-0.4, -0.2) is 21.7 Å². The SMILES string of the molecule is COc1c(-c2ccccc2)nc2ccc(-c3cccc(C)c3)nn12. The summed E-state index contributed by atoms with van der Waals surface area (Å²) in [6.07, 6.45) is 0. The third-order valence-electron chi connectivity index (χ3n) is 3.99. The summed E-state index contributed by atoms with van der Waals surface area (Å²) in [5.41, 5.74) is 5.75. The predicted octanol–water partition coefficient (Wildman–Crippen LogP) is 4.38. The largest absolute Gasteiger partial charge is 0.479 e. The fourth-order valence-electron chi connectivity index (χ4n) is 2.84. The molecule has 118 valence electrons. The van der Waals surface area contributed by atoms with Crippen LogP contribution in [0.3, 0.4) is 0 Å². The zero-order chi connectivity index (χ0) is 16.5. The Kier molecular flexibility index (Phi) is 3.50. The average molecular weight is 315 g/mol. The molecule has 24 heavy (non-hydrogen) atoms. The second-order valence-corrected chi connectivity index (χ2v) is 5.69. The van der Waals surface area contributed by atoms with Gasteiger partial charge in [-0.2, -0.15) is 9.61 Å². The van der Waals surface area contributed by atoms with Crippen LogP contribution in [0.4, 0.5) is 0 Å². The Morgan fingerprint density at radius 2 is 1.67 bits per heavy atom. The molecule has 4 nitrogen and oxygen atoms in total. The van der Waals surface area contributed by atoms with Gasteiger partial charge >= 0.3 is 0 Å². The minimum Gasteiger partial charge on any atom is -0.479 e. The maximum Gasteiger partial charge on any atom is 0.243 e. The summed E-state index contributed by atoms with van der Waals surface area (Å²) in [6, 6.07) is 22.3. The lowest BCUT2D eigenvalue weighted by atomic mass is 10.1. The van der Waals surface area contributed by atoms with Gasteiger partial charge in [0.05, 0.1) is 12.8 Å². The highest BCUT2D eigenvalue weighted by atomic mass is 16.5. The average Bonchev–Trinajstić information content (AvgIpc) is 3.00. The van der Waals surface area contributed by atoms with E-state index in [1.165, 1.54) is 5.56 Å². The topological polar surface area (TPSA) is 39.4 Å². The molecule has 0 fully saturated rings. The van der Waals surface area contributed by atoms with Gasteiger partial charge in [0, 0.05) is 11.1 Å². The Hall–Kier alpha value is -3.14. The standard InChI is InChI=1S/C20H17N3O/c1-14-7-6-10-16(13-14)17-11-12-18-21-19(15-8-4-3-5-9-15)20(24-2)23(18)22-17/h3-13H,1-2H3. The van der Waals surface area contributed by atoms with Gasteiger partial charge in [0.1, 0.15) is 5.69 Å². The quantitative estimate of drug-likeness (QED) is 0.563. The van der Waals surface area contributed by atoms with Crippen molar-refractivity contribution in [1.82, 2.24) is 14.6 Å². The molecule has 2 aromatic heterocycles. The van der Waals surface area contributed by atoms with E-state index in [1.54, 1.807) is 11.6 Å². The Labute approximate surface area is 140 Å². The first-order chi connectivity index (χ1) is 11.8. The zero-order valence-corrected chi connectivity index (χ0v) is 13.6. The maximum atomic E-state index is 5.61. The summed E-state index contributed by atoms with van der Waals surface area (Å²) in [5, 5.41) is 4.73. The predicted molar refractivity (Wildman–Crippen MR) is 95.1 cm³/mol. The first-order valence-corrected chi connectivity index (χ1v) is 7.82. The van der Waals surface area contributed by atoms with E-state index in [0.717, 1.165) is 28.2 Å². The maximum absolute atomic E-state index is 5.61. The molecule has 2 heterocycles. The molecule has 2 aromatic carbocycles. The summed E-state index contributed by atoms with van der Waals surface area (Å²) < 4.78 is 7.37. The Balaban J connectivity index is 1.91. The molecule has 0 radical (unpaired) electrons. The van der Waals surface area contributed by atoms with Crippen LogP contribution in [-0.2, 0) is 0 Å². The van der Waals surface area contributed by atoms with Crippen molar-refractivity contribution >= 4 is 5.65 Å². The number of hydrogen-bond donors (Lipinski definition) is 0. The van der Waals surface area contributed by atoms with Crippen LogP contribution < -0.4 is 4.74 Å². The Morgan fingerprint density at radius 3 is 2.42 bits per heavy atom. The third-order valence-corrected chi connectivity index (χ3v) is 3.99. The molecule has 0 unspecified atom stereocenters. The van der Waals surface area contributed by atoms with E-state index in [1.807, 2.05) is 48.5 Å². The lowest BCUT2D eigenvalue weighted by Crippen LogP contribution is -1.98. The van der Waals surface area contributed by atoms with Gasteiger partial charge in [-0.25, -0.2) is 4.98 Å². The number of aromatic nitrogens is 3.